The predicted molar refractivity (Wildman–Crippen MR) is 54.6 cm³/mol. The van der Waals surface area contributed by atoms with Gasteiger partial charge in [0.15, 0.2) is 5.71 Å². The molecule has 0 amide bonds. The number of phenols is 1. The first kappa shape index (κ1) is 9.78. The second-order valence-corrected chi connectivity index (χ2v) is 3.21. The highest BCUT2D eigenvalue weighted by molar-refractivity contribution is 5.98. The lowest BCUT2D eigenvalue weighted by molar-refractivity contribution is -0.465. The number of para-hydroxylation sites is 1. The van der Waals surface area contributed by atoms with Crippen LogP contribution < -0.4 is 0 Å². The van der Waals surface area contributed by atoms with Gasteiger partial charge < -0.3 is 5.11 Å². The van der Waals surface area contributed by atoms with E-state index in [2.05, 4.69) is 6.92 Å². The van der Waals surface area contributed by atoms with Crippen molar-refractivity contribution >= 4 is 5.71 Å². The van der Waals surface area contributed by atoms with Crippen molar-refractivity contribution in [1.29, 1.82) is 0 Å². The fourth-order valence-electron chi connectivity index (χ4n) is 1.47. The van der Waals surface area contributed by atoms with Gasteiger partial charge in [0.25, 0.3) is 0 Å². The van der Waals surface area contributed by atoms with Crippen LogP contribution in [0, 0.1) is 0 Å². The Morgan fingerprint density at radius 2 is 1.92 bits per heavy atom. The molecule has 0 fully saturated rings. The van der Waals surface area contributed by atoms with Gasteiger partial charge in [-0.05, 0) is 12.1 Å². The zero-order valence-corrected chi connectivity index (χ0v) is 8.41. The SMILES string of the molecule is CCC(c1ccccc1O)=[N+](C)C. The lowest BCUT2D eigenvalue weighted by Crippen LogP contribution is -2.13. The molecule has 1 N–H and O–H groups in total. The maximum atomic E-state index is 9.61. The Bertz CT molecular complexity index is 325. The highest BCUT2D eigenvalue weighted by atomic mass is 16.3. The van der Waals surface area contributed by atoms with Crippen LogP contribution in [-0.4, -0.2) is 29.5 Å². The van der Waals surface area contributed by atoms with Gasteiger partial charge in [-0.1, -0.05) is 19.1 Å². The average Bonchev–Trinajstić information content (AvgIpc) is 2.09. The Morgan fingerprint density at radius 3 is 2.38 bits per heavy atom. The zero-order chi connectivity index (χ0) is 9.84. The van der Waals surface area contributed by atoms with Crippen molar-refractivity contribution in [2.24, 2.45) is 0 Å². The molecule has 0 bridgehead atoms. The molecule has 0 saturated carbocycles. The number of rotatable bonds is 2. The molecule has 0 aliphatic heterocycles. The molecule has 70 valence electrons. The van der Waals surface area contributed by atoms with Crippen molar-refractivity contribution < 1.29 is 9.68 Å². The Hall–Kier alpha value is -1.31. The summed E-state index contributed by atoms with van der Waals surface area (Å²) in [5.41, 5.74) is 2.08. The van der Waals surface area contributed by atoms with E-state index in [1.54, 1.807) is 6.07 Å². The van der Waals surface area contributed by atoms with E-state index in [0.29, 0.717) is 5.75 Å². The van der Waals surface area contributed by atoms with Crippen molar-refractivity contribution in [1.82, 2.24) is 0 Å². The molecule has 1 rings (SSSR count). The van der Waals surface area contributed by atoms with E-state index in [9.17, 15) is 5.11 Å². The molecule has 1 aromatic carbocycles. The monoisotopic (exact) mass is 178 g/mol. The summed E-state index contributed by atoms with van der Waals surface area (Å²) in [5, 5.41) is 9.61. The van der Waals surface area contributed by atoms with Gasteiger partial charge in [-0.25, -0.2) is 4.58 Å². The summed E-state index contributed by atoms with van der Waals surface area (Å²) in [6.45, 7) is 2.09. The molecule has 2 heteroatoms. The Labute approximate surface area is 79.2 Å². The number of aromatic hydroxyl groups is 1. The minimum atomic E-state index is 0.355. The third-order valence-corrected chi connectivity index (χ3v) is 2.09. The molecule has 0 aliphatic rings. The Balaban J connectivity index is 3.21. The summed E-state index contributed by atoms with van der Waals surface area (Å²) in [4.78, 5) is 0. The number of benzene rings is 1. The fraction of sp³-hybridized carbons (Fsp3) is 0.364. The molecule has 0 radical (unpaired) electrons. The number of hydrogen-bond donors (Lipinski definition) is 1. The van der Waals surface area contributed by atoms with Crippen molar-refractivity contribution in [3.8, 4) is 5.75 Å². The molecule has 0 heterocycles. The van der Waals surface area contributed by atoms with E-state index in [-0.39, 0.29) is 0 Å². The van der Waals surface area contributed by atoms with Gasteiger partial charge in [-0.2, -0.15) is 0 Å². The molecule has 0 spiro atoms. The molecule has 0 saturated heterocycles. The van der Waals surface area contributed by atoms with Crippen LogP contribution in [0.4, 0.5) is 0 Å². The van der Waals surface area contributed by atoms with Crippen LogP contribution in [-0.2, 0) is 0 Å². The molecule has 0 aromatic heterocycles. The summed E-state index contributed by atoms with van der Waals surface area (Å²) in [5.74, 6) is 0.355. The van der Waals surface area contributed by atoms with Crippen molar-refractivity contribution in [2.75, 3.05) is 14.1 Å². The summed E-state index contributed by atoms with van der Waals surface area (Å²) in [6.07, 6.45) is 0.921. The van der Waals surface area contributed by atoms with Crippen LogP contribution in [0.2, 0.25) is 0 Å². The standard InChI is InChI=1S/C11H15NO/c1-4-10(12(2)3)9-7-5-6-8-11(9)13/h5-8H,4H2,1-3H3/p+1. The molecule has 1 aromatic rings. The minimum Gasteiger partial charge on any atom is -0.507 e. The number of hydrogen-bond acceptors (Lipinski definition) is 1. The van der Waals surface area contributed by atoms with Gasteiger partial charge in [0.05, 0.1) is 5.56 Å². The van der Waals surface area contributed by atoms with E-state index in [0.717, 1.165) is 17.7 Å². The first-order valence-corrected chi connectivity index (χ1v) is 4.48. The highest BCUT2D eigenvalue weighted by Crippen LogP contribution is 2.17. The van der Waals surface area contributed by atoms with Gasteiger partial charge in [0.2, 0.25) is 0 Å². The lowest BCUT2D eigenvalue weighted by atomic mass is 10.1. The molecule has 0 atom stereocenters. The van der Waals surface area contributed by atoms with Crippen LogP contribution in [0.15, 0.2) is 24.3 Å². The van der Waals surface area contributed by atoms with E-state index in [1.807, 2.05) is 36.9 Å². The van der Waals surface area contributed by atoms with Crippen molar-refractivity contribution in [3.63, 3.8) is 0 Å². The van der Waals surface area contributed by atoms with E-state index >= 15 is 0 Å². The molecule has 0 unspecified atom stereocenters. The summed E-state index contributed by atoms with van der Waals surface area (Å²) < 4.78 is 2.04. The molecule has 13 heavy (non-hydrogen) atoms. The smallest absolute Gasteiger partial charge is 0.186 e. The van der Waals surface area contributed by atoms with Gasteiger partial charge in [0.1, 0.15) is 19.8 Å². The summed E-state index contributed by atoms with van der Waals surface area (Å²) in [6, 6.07) is 7.43. The topological polar surface area (TPSA) is 23.2 Å². The lowest BCUT2D eigenvalue weighted by Gasteiger charge is -2.03. The Morgan fingerprint density at radius 1 is 1.31 bits per heavy atom. The minimum absolute atomic E-state index is 0.355. The Kier molecular flexibility index (Phi) is 3.07. The third-order valence-electron chi connectivity index (χ3n) is 2.09. The van der Waals surface area contributed by atoms with Crippen LogP contribution in [0.5, 0.6) is 5.75 Å². The number of phenolic OH excluding ortho intramolecular Hbond substituents is 1. The maximum absolute atomic E-state index is 9.61. The fourth-order valence-corrected chi connectivity index (χ4v) is 1.47. The summed E-state index contributed by atoms with van der Waals surface area (Å²) >= 11 is 0. The quantitative estimate of drug-likeness (QED) is 0.542. The first-order chi connectivity index (χ1) is 6.16. The van der Waals surface area contributed by atoms with E-state index in [4.69, 9.17) is 0 Å². The van der Waals surface area contributed by atoms with Gasteiger partial charge in [0, 0.05) is 6.42 Å². The normalized spacial score (nSPS) is 9.77. The summed E-state index contributed by atoms with van der Waals surface area (Å²) in [7, 11) is 3.98. The van der Waals surface area contributed by atoms with Crippen LogP contribution in [0.3, 0.4) is 0 Å². The van der Waals surface area contributed by atoms with Gasteiger partial charge >= 0.3 is 0 Å². The highest BCUT2D eigenvalue weighted by Gasteiger charge is 2.12. The van der Waals surface area contributed by atoms with Crippen molar-refractivity contribution in [2.45, 2.75) is 13.3 Å². The second kappa shape index (κ2) is 4.08. The largest absolute Gasteiger partial charge is 0.507 e. The maximum Gasteiger partial charge on any atom is 0.186 e. The molecular weight excluding hydrogens is 162 g/mol. The van der Waals surface area contributed by atoms with E-state index in [1.165, 1.54) is 0 Å². The third kappa shape index (κ3) is 2.08. The molecular formula is C11H16NO+. The average molecular weight is 178 g/mol. The van der Waals surface area contributed by atoms with Crippen LogP contribution in [0.1, 0.15) is 18.9 Å². The van der Waals surface area contributed by atoms with Crippen LogP contribution >= 0.6 is 0 Å². The number of nitrogens with zero attached hydrogens (tertiary/aromatic N) is 1. The predicted octanol–water partition coefficient (Wildman–Crippen LogP) is 1.86. The second-order valence-electron chi connectivity index (χ2n) is 3.21. The van der Waals surface area contributed by atoms with Gasteiger partial charge in [-0.3, -0.25) is 0 Å². The van der Waals surface area contributed by atoms with Gasteiger partial charge in [-0.15, -0.1) is 0 Å². The molecule has 0 aliphatic carbocycles. The zero-order valence-electron chi connectivity index (χ0n) is 8.41. The molecule has 2 nitrogen and oxygen atoms in total. The van der Waals surface area contributed by atoms with E-state index < -0.39 is 0 Å². The first-order valence-electron chi connectivity index (χ1n) is 4.48. The van der Waals surface area contributed by atoms with Crippen LogP contribution in [0.25, 0.3) is 0 Å². The van der Waals surface area contributed by atoms with Crippen molar-refractivity contribution in [3.05, 3.63) is 29.8 Å².